The van der Waals surface area contributed by atoms with Gasteiger partial charge in [-0.3, -0.25) is 0 Å². The zero-order valence-corrected chi connectivity index (χ0v) is 10.3. The lowest BCUT2D eigenvalue weighted by molar-refractivity contribution is 0.271. The second-order valence-electron chi connectivity index (χ2n) is 4.25. The number of nitrogens with zero attached hydrogens (tertiary/aromatic N) is 6. The van der Waals surface area contributed by atoms with Gasteiger partial charge in [0.1, 0.15) is 6.33 Å². The molecule has 0 saturated carbocycles. The molecule has 4 aromatic rings. The second-order valence-corrected chi connectivity index (χ2v) is 4.25. The van der Waals surface area contributed by atoms with Gasteiger partial charge in [0.05, 0.1) is 31.0 Å². The number of aliphatic hydroxyl groups is 1. The van der Waals surface area contributed by atoms with Gasteiger partial charge in [0.15, 0.2) is 17.1 Å². The van der Waals surface area contributed by atoms with Gasteiger partial charge < -0.3 is 9.52 Å². The molecule has 1 N–H and O–H groups in total. The SMILES string of the molecule is OCCn1ncc2c1ncn1nc(-c3ccco3)nc21. The molecule has 100 valence electrons. The number of hydrogen-bond donors (Lipinski definition) is 1. The lowest BCUT2D eigenvalue weighted by Crippen LogP contribution is -2.04. The monoisotopic (exact) mass is 270 g/mol. The van der Waals surface area contributed by atoms with Crippen LogP contribution in [0.2, 0.25) is 0 Å². The number of rotatable bonds is 3. The zero-order valence-electron chi connectivity index (χ0n) is 10.3. The Labute approximate surface area is 112 Å². The van der Waals surface area contributed by atoms with Crippen LogP contribution in [-0.2, 0) is 6.54 Å². The van der Waals surface area contributed by atoms with Gasteiger partial charge in [-0.2, -0.15) is 5.10 Å². The summed E-state index contributed by atoms with van der Waals surface area (Å²) in [6, 6.07) is 3.59. The van der Waals surface area contributed by atoms with Crippen molar-refractivity contribution in [3.05, 3.63) is 30.9 Å². The molecule has 4 heterocycles. The molecule has 8 heteroatoms. The molecule has 0 atom stereocenters. The zero-order chi connectivity index (χ0) is 13.5. The third-order valence-electron chi connectivity index (χ3n) is 3.03. The van der Waals surface area contributed by atoms with Gasteiger partial charge in [0.25, 0.3) is 0 Å². The Bertz CT molecular complexity index is 876. The van der Waals surface area contributed by atoms with Gasteiger partial charge in [0.2, 0.25) is 5.82 Å². The minimum Gasteiger partial charge on any atom is -0.461 e. The Balaban J connectivity index is 1.96. The molecule has 0 bridgehead atoms. The molecule has 4 rings (SSSR count). The van der Waals surface area contributed by atoms with E-state index >= 15 is 0 Å². The summed E-state index contributed by atoms with van der Waals surface area (Å²) in [5, 5.41) is 18.3. The van der Waals surface area contributed by atoms with E-state index in [9.17, 15) is 0 Å². The van der Waals surface area contributed by atoms with Gasteiger partial charge in [-0.05, 0) is 12.1 Å². The van der Waals surface area contributed by atoms with Crippen molar-refractivity contribution in [3.63, 3.8) is 0 Å². The van der Waals surface area contributed by atoms with Crippen molar-refractivity contribution in [2.45, 2.75) is 6.54 Å². The summed E-state index contributed by atoms with van der Waals surface area (Å²) in [6.45, 7) is 0.403. The standard InChI is InChI=1S/C12H10N6O2/c19-4-3-17-11-8(6-14-17)12-15-10(9-2-1-5-20-9)16-18(12)7-13-11/h1-2,5-7,19H,3-4H2. The summed E-state index contributed by atoms with van der Waals surface area (Å²) in [6.07, 6.45) is 4.83. The Kier molecular flexibility index (Phi) is 2.30. The molecular formula is C12H10N6O2. The van der Waals surface area contributed by atoms with Crippen LogP contribution >= 0.6 is 0 Å². The van der Waals surface area contributed by atoms with Crippen LogP contribution in [0.1, 0.15) is 0 Å². The molecule has 0 aliphatic rings. The van der Waals surface area contributed by atoms with Crippen LogP contribution in [-0.4, -0.2) is 41.1 Å². The normalized spacial score (nSPS) is 11.7. The molecule has 0 amide bonds. The topological polar surface area (TPSA) is 94.3 Å². The summed E-state index contributed by atoms with van der Waals surface area (Å²) >= 11 is 0. The van der Waals surface area contributed by atoms with E-state index < -0.39 is 0 Å². The molecular weight excluding hydrogens is 260 g/mol. The van der Waals surface area contributed by atoms with Crippen LogP contribution in [0.5, 0.6) is 0 Å². The average Bonchev–Trinajstić information content (AvgIpc) is 3.17. The van der Waals surface area contributed by atoms with E-state index in [4.69, 9.17) is 9.52 Å². The Morgan fingerprint density at radius 3 is 3.05 bits per heavy atom. The lowest BCUT2D eigenvalue weighted by atomic mass is 10.4. The lowest BCUT2D eigenvalue weighted by Gasteiger charge is -1.98. The molecule has 0 saturated heterocycles. The van der Waals surface area contributed by atoms with E-state index in [-0.39, 0.29) is 6.61 Å². The Hall–Kier alpha value is -2.74. The van der Waals surface area contributed by atoms with Crippen molar-refractivity contribution in [2.24, 2.45) is 0 Å². The van der Waals surface area contributed by atoms with E-state index in [2.05, 4.69) is 20.2 Å². The Morgan fingerprint density at radius 2 is 2.25 bits per heavy atom. The van der Waals surface area contributed by atoms with Crippen molar-refractivity contribution in [1.29, 1.82) is 0 Å². The average molecular weight is 270 g/mol. The molecule has 0 spiro atoms. The number of fused-ring (bicyclic) bond motifs is 3. The fourth-order valence-corrected chi connectivity index (χ4v) is 2.14. The third-order valence-corrected chi connectivity index (χ3v) is 3.03. The van der Waals surface area contributed by atoms with Crippen molar-refractivity contribution in [1.82, 2.24) is 29.4 Å². The number of aromatic nitrogens is 6. The van der Waals surface area contributed by atoms with E-state index in [1.807, 2.05) is 0 Å². The molecule has 0 aliphatic heterocycles. The number of furan rings is 1. The van der Waals surface area contributed by atoms with E-state index in [0.717, 1.165) is 5.39 Å². The predicted octanol–water partition coefficient (Wildman–Crippen LogP) is 0.726. The Morgan fingerprint density at radius 1 is 1.30 bits per heavy atom. The van der Waals surface area contributed by atoms with Crippen molar-refractivity contribution < 1.29 is 9.52 Å². The van der Waals surface area contributed by atoms with Crippen LogP contribution in [0.3, 0.4) is 0 Å². The van der Waals surface area contributed by atoms with Crippen molar-refractivity contribution in [3.8, 4) is 11.6 Å². The van der Waals surface area contributed by atoms with Gasteiger partial charge in [-0.15, -0.1) is 5.10 Å². The van der Waals surface area contributed by atoms with Crippen LogP contribution < -0.4 is 0 Å². The van der Waals surface area contributed by atoms with Gasteiger partial charge >= 0.3 is 0 Å². The first-order valence-electron chi connectivity index (χ1n) is 6.08. The van der Waals surface area contributed by atoms with Crippen LogP contribution in [0.4, 0.5) is 0 Å². The fourth-order valence-electron chi connectivity index (χ4n) is 2.14. The molecule has 8 nitrogen and oxygen atoms in total. The van der Waals surface area contributed by atoms with E-state index in [1.165, 1.54) is 0 Å². The highest BCUT2D eigenvalue weighted by atomic mass is 16.3. The summed E-state index contributed by atoms with van der Waals surface area (Å²) in [7, 11) is 0. The maximum Gasteiger partial charge on any atom is 0.217 e. The highest BCUT2D eigenvalue weighted by Gasteiger charge is 2.14. The number of hydrogen-bond acceptors (Lipinski definition) is 6. The largest absolute Gasteiger partial charge is 0.461 e. The molecule has 0 unspecified atom stereocenters. The van der Waals surface area contributed by atoms with Crippen LogP contribution in [0.25, 0.3) is 28.3 Å². The highest BCUT2D eigenvalue weighted by Crippen LogP contribution is 2.20. The summed E-state index contributed by atoms with van der Waals surface area (Å²) in [5.41, 5.74) is 1.33. The first-order valence-corrected chi connectivity index (χ1v) is 6.08. The van der Waals surface area contributed by atoms with Gasteiger partial charge in [-0.1, -0.05) is 0 Å². The minimum atomic E-state index is 0.00791. The fraction of sp³-hybridized carbons (Fsp3) is 0.167. The summed E-state index contributed by atoms with van der Waals surface area (Å²) in [5.74, 6) is 1.10. The van der Waals surface area contributed by atoms with Crippen molar-refractivity contribution >= 4 is 16.7 Å². The quantitative estimate of drug-likeness (QED) is 0.589. The molecule has 0 fully saturated rings. The van der Waals surface area contributed by atoms with Gasteiger partial charge in [0, 0.05) is 0 Å². The van der Waals surface area contributed by atoms with E-state index in [0.29, 0.717) is 29.4 Å². The smallest absolute Gasteiger partial charge is 0.217 e. The minimum absolute atomic E-state index is 0.00791. The number of aliphatic hydroxyl groups excluding tert-OH is 1. The van der Waals surface area contributed by atoms with Crippen molar-refractivity contribution in [2.75, 3.05) is 6.61 Å². The maximum atomic E-state index is 9.01. The first kappa shape index (κ1) is 11.1. The summed E-state index contributed by atoms with van der Waals surface area (Å²) in [4.78, 5) is 8.76. The first-order chi connectivity index (χ1) is 9.86. The molecule has 0 aliphatic carbocycles. The maximum absolute atomic E-state index is 9.01. The predicted molar refractivity (Wildman–Crippen MR) is 68.9 cm³/mol. The van der Waals surface area contributed by atoms with Crippen LogP contribution in [0.15, 0.2) is 35.3 Å². The van der Waals surface area contributed by atoms with E-state index in [1.54, 1.807) is 40.1 Å². The molecule has 0 aromatic carbocycles. The molecule has 0 radical (unpaired) electrons. The third kappa shape index (κ3) is 1.51. The van der Waals surface area contributed by atoms with Crippen LogP contribution in [0, 0.1) is 0 Å². The molecule has 20 heavy (non-hydrogen) atoms. The second kappa shape index (κ2) is 4.14. The van der Waals surface area contributed by atoms with Gasteiger partial charge in [-0.25, -0.2) is 19.2 Å². The molecule has 4 aromatic heterocycles. The highest BCUT2D eigenvalue weighted by molar-refractivity contribution is 5.88. The summed E-state index contributed by atoms with van der Waals surface area (Å²) < 4.78 is 8.52.